The van der Waals surface area contributed by atoms with Crippen LogP contribution in [0.1, 0.15) is 53.5 Å². The van der Waals surface area contributed by atoms with Crippen LogP contribution in [-0.2, 0) is 25.8 Å². The van der Waals surface area contributed by atoms with Gasteiger partial charge in [-0.1, -0.05) is 36.4 Å². The number of likely N-dealkylation sites (tertiary alicyclic amines) is 1. The van der Waals surface area contributed by atoms with Crippen LogP contribution in [0, 0.1) is 0 Å². The number of benzene rings is 3. The fourth-order valence-corrected chi connectivity index (χ4v) is 5.57. The summed E-state index contributed by atoms with van der Waals surface area (Å²) >= 11 is 0. The Morgan fingerprint density at radius 2 is 1.77 bits per heavy atom. The minimum atomic E-state index is 0.371. The molecule has 0 aromatic heterocycles. The summed E-state index contributed by atoms with van der Waals surface area (Å²) in [5, 5.41) is 9.88. The molecule has 0 amide bonds. The van der Waals surface area contributed by atoms with Crippen LogP contribution in [0.4, 0.5) is 5.69 Å². The zero-order valence-corrected chi connectivity index (χ0v) is 21.2. The van der Waals surface area contributed by atoms with E-state index in [2.05, 4.69) is 65.3 Å². The van der Waals surface area contributed by atoms with Crippen molar-refractivity contribution in [2.45, 2.75) is 51.5 Å². The SMILES string of the molecule is CCN(Cc1ccc(CCN2CCC2)cc1)c1cc(OC)ccc1[C@@H]1CCc2cc(O)ccc2C1. The molecular weight excluding hydrogens is 432 g/mol. The van der Waals surface area contributed by atoms with Gasteiger partial charge in [-0.05, 0) is 104 Å². The highest BCUT2D eigenvalue weighted by Gasteiger charge is 2.24. The molecule has 1 atom stereocenters. The van der Waals surface area contributed by atoms with E-state index in [1.165, 1.54) is 59.6 Å². The molecule has 0 radical (unpaired) electrons. The lowest BCUT2D eigenvalue weighted by Crippen LogP contribution is -2.38. The van der Waals surface area contributed by atoms with Gasteiger partial charge < -0.3 is 19.6 Å². The van der Waals surface area contributed by atoms with Crippen molar-refractivity contribution in [3.05, 3.63) is 88.5 Å². The summed E-state index contributed by atoms with van der Waals surface area (Å²) in [5.74, 6) is 1.74. The fourth-order valence-electron chi connectivity index (χ4n) is 5.57. The summed E-state index contributed by atoms with van der Waals surface area (Å²) in [4.78, 5) is 5.02. The summed E-state index contributed by atoms with van der Waals surface area (Å²) in [7, 11) is 1.75. The first kappa shape index (κ1) is 23.7. The Balaban J connectivity index is 1.34. The molecule has 35 heavy (non-hydrogen) atoms. The Kier molecular flexibility index (Phi) is 7.29. The van der Waals surface area contributed by atoms with Crippen molar-refractivity contribution in [3.8, 4) is 11.5 Å². The number of aromatic hydroxyl groups is 1. The molecule has 3 aromatic carbocycles. The second kappa shape index (κ2) is 10.7. The van der Waals surface area contributed by atoms with Gasteiger partial charge in [0.2, 0.25) is 0 Å². The average molecular weight is 471 g/mol. The van der Waals surface area contributed by atoms with Crippen molar-refractivity contribution in [2.24, 2.45) is 0 Å². The predicted molar refractivity (Wildman–Crippen MR) is 144 cm³/mol. The van der Waals surface area contributed by atoms with Crippen molar-refractivity contribution in [2.75, 3.05) is 38.2 Å². The standard InChI is InChI=1S/C31H38N2O2/c1-3-33(22-24-7-5-23(6-8-24)15-18-32-16-4-17-32)31-21-29(35-2)13-14-30(31)27-10-9-26-20-28(34)12-11-25(26)19-27/h5-8,11-14,20-21,27,34H,3-4,9-10,15-19,22H2,1-2H3/t27-/m1/s1. The van der Waals surface area contributed by atoms with Crippen LogP contribution in [0.3, 0.4) is 0 Å². The Morgan fingerprint density at radius 3 is 2.49 bits per heavy atom. The Labute approximate surface area is 210 Å². The summed E-state index contributed by atoms with van der Waals surface area (Å²) in [6, 6.07) is 21.7. The smallest absolute Gasteiger partial charge is 0.120 e. The Hall–Kier alpha value is -2.98. The number of phenols is 1. The van der Waals surface area contributed by atoms with Gasteiger partial charge in [0.1, 0.15) is 11.5 Å². The second-order valence-corrected chi connectivity index (χ2v) is 10.1. The number of nitrogens with zero attached hydrogens (tertiary/aromatic N) is 2. The van der Waals surface area contributed by atoms with Crippen LogP contribution in [-0.4, -0.2) is 43.3 Å². The first-order chi connectivity index (χ1) is 17.1. The van der Waals surface area contributed by atoms with Crippen molar-refractivity contribution in [1.82, 2.24) is 4.90 Å². The van der Waals surface area contributed by atoms with Crippen molar-refractivity contribution in [1.29, 1.82) is 0 Å². The van der Waals surface area contributed by atoms with E-state index < -0.39 is 0 Å². The summed E-state index contributed by atoms with van der Waals surface area (Å²) in [6.07, 6.45) is 5.61. The van der Waals surface area contributed by atoms with Crippen LogP contribution in [0.2, 0.25) is 0 Å². The predicted octanol–water partition coefficient (Wildman–Crippen LogP) is 5.95. The number of phenolic OH excluding ortho intramolecular Hbond substituents is 1. The van der Waals surface area contributed by atoms with Gasteiger partial charge in [0.15, 0.2) is 0 Å². The summed E-state index contributed by atoms with van der Waals surface area (Å²) < 4.78 is 5.63. The molecule has 4 nitrogen and oxygen atoms in total. The monoisotopic (exact) mass is 470 g/mol. The highest BCUT2D eigenvalue weighted by atomic mass is 16.5. The van der Waals surface area contributed by atoms with Crippen LogP contribution in [0.5, 0.6) is 11.5 Å². The molecule has 1 heterocycles. The maximum atomic E-state index is 9.88. The van der Waals surface area contributed by atoms with E-state index in [0.717, 1.165) is 44.5 Å². The van der Waals surface area contributed by atoms with Crippen molar-refractivity contribution >= 4 is 5.69 Å². The Morgan fingerprint density at radius 1 is 0.971 bits per heavy atom. The van der Waals surface area contributed by atoms with Crippen LogP contribution >= 0.6 is 0 Å². The molecule has 1 saturated heterocycles. The number of fused-ring (bicyclic) bond motifs is 1. The molecule has 0 saturated carbocycles. The molecule has 4 heteroatoms. The van der Waals surface area contributed by atoms with E-state index in [1.54, 1.807) is 7.11 Å². The normalized spacial score (nSPS) is 17.5. The highest BCUT2D eigenvalue weighted by Crippen LogP contribution is 2.40. The Bertz CT molecular complexity index is 1140. The van der Waals surface area contributed by atoms with Gasteiger partial charge in [0.05, 0.1) is 7.11 Å². The second-order valence-electron chi connectivity index (χ2n) is 10.1. The molecule has 3 aromatic rings. The lowest BCUT2D eigenvalue weighted by molar-refractivity contribution is 0.184. The van der Waals surface area contributed by atoms with Crippen LogP contribution in [0.25, 0.3) is 0 Å². The number of anilines is 1. The van der Waals surface area contributed by atoms with E-state index >= 15 is 0 Å². The van der Waals surface area contributed by atoms with Gasteiger partial charge in [-0.25, -0.2) is 0 Å². The third-order valence-electron chi connectivity index (χ3n) is 7.88. The maximum absolute atomic E-state index is 9.88. The average Bonchev–Trinajstić information content (AvgIpc) is 2.86. The van der Waals surface area contributed by atoms with Crippen molar-refractivity contribution in [3.63, 3.8) is 0 Å². The lowest BCUT2D eigenvalue weighted by atomic mass is 9.79. The zero-order valence-electron chi connectivity index (χ0n) is 21.2. The first-order valence-electron chi connectivity index (χ1n) is 13.2. The number of ether oxygens (including phenoxy) is 1. The van der Waals surface area contributed by atoms with E-state index in [9.17, 15) is 5.11 Å². The minimum absolute atomic E-state index is 0.371. The van der Waals surface area contributed by atoms with Gasteiger partial charge in [-0.3, -0.25) is 0 Å². The number of rotatable bonds is 9. The van der Waals surface area contributed by atoms with Crippen LogP contribution in [0.15, 0.2) is 60.7 Å². The highest BCUT2D eigenvalue weighted by molar-refractivity contribution is 5.60. The fraction of sp³-hybridized carbons (Fsp3) is 0.419. The van der Waals surface area contributed by atoms with E-state index in [-0.39, 0.29) is 0 Å². The number of hydrogen-bond acceptors (Lipinski definition) is 4. The molecule has 2 aliphatic rings. The zero-order chi connectivity index (χ0) is 24.2. The van der Waals surface area contributed by atoms with E-state index in [0.29, 0.717) is 11.7 Å². The van der Waals surface area contributed by atoms with Gasteiger partial charge in [-0.15, -0.1) is 0 Å². The van der Waals surface area contributed by atoms with E-state index in [1.807, 2.05) is 12.1 Å². The van der Waals surface area contributed by atoms with Gasteiger partial charge in [-0.2, -0.15) is 0 Å². The number of methoxy groups -OCH3 is 1. The topological polar surface area (TPSA) is 35.9 Å². The molecule has 1 aliphatic heterocycles. The number of hydrogen-bond donors (Lipinski definition) is 1. The molecule has 1 N–H and O–H groups in total. The largest absolute Gasteiger partial charge is 0.508 e. The minimum Gasteiger partial charge on any atom is -0.508 e. The molecule has 0 unspecified atom stereocenters. The summed E-state index contributed by atoms with van der Waals surface area (Å²) in [5.41, 5.74) is 8.10. The van der Waals surface area contributed by atoms with Gasteiger partial charge in [0.25, 0.3) is 0 Å². The quantitative estimate of drug-likeness (QED) is 0.419. The molecule has 5 rings (SSSR count). The van der Waals surface area contributed by atoms with E-state index in [4.69, 9.17) is 4.74 Å². The molecule has 1 aliphatic carbocycles. The third kappa shape index (κ3) is 5.48. The summed E-state index contributed by atoms with van der Waals surface area (Å²) in [6.45, 7) is 7.78. The first-order valence-corrected chi connectivity index (χ1v) is 13.2. The molecule has 0 bridgehead atoms. The van der Waals surface area contributed by atoms with Gasteiger partial charge in [0, 0.05) is 31.4 Å². The molecule has 0 spiro atoms. The maximum Gasteiger partial charge on any atom is 0.120 e. The number of aryl methyl sites for hydroxylation is 1. The van der Waals surface area contributed by atoms with Crippen molar-refractivity contribution < 1.29 is 9.84 Å². The molecule has 184 valence electrons. The van der Waals surface area contributed by atoms with Gasteiger partial charge >= 0.3 is 0 Å². The lowest BCUT2D eigenvalue weighted by Gasteiger charge is -2.32. The van der Waals surface area contributed by atoms with Crippen LogP contribution < -0.4 is 9.64 Å². The molecular formula is C31H38N2O2. The third-order valence-corrected chi connectivity index (χ3v) is 7.88. The molecule has 1 fully saturated rings.